The van der Waals surface area contributed by atoms with Gasteiger partial charge in [0.2, 0.25) is 0 Å². The van der Waals surface area contributed by atoms with Gasteiger partial charge in [0, 0.05) is 6.54 Å². The third-order valence-electron chi connectivity index (χ3n) is 2.68. The minimum Gasteiger partial charge on any atom is -0.482 e. The van der Waals surface area contributed by atoms with Crippen LogP contribution in [0.3, 0.4) is 0 Å². The number of aliphatic hydroxyl groups is 1. The van der Waals surface area contributed by atoms with Gasteiger partial charge in [-0.25, -0.2) is 4.39 Å². The Balaban J connectivity index is 2.42. The molecule has 0 aliphatic rings. The van der Waals surface area contributed by atoms with Crippen molar-refractivity contribution in [3.8, 4) is 5.75 Å². The van der Waals surface area contributed by atoms with Gasteiger partial charge in [-0.1, -0.05) is 18.5 Å². The Hall–Kier alpha value is -1.33. The van der Waals surface area contributed by atoms with Crippen molar-refractivity contribution in [2.75, 3.05) is 13.2 Å². The molecule has 2 N–H and O–H groups in total. The maximum absolute atomic E-state index is 12.8. The topological polar surface area (TPSA) is 58.6 Å². The Labute approximate surface area is 116 Å². The van der Waals surface area contributed by atoms with E-state index in [0.29, 0.717) is 6.42 Å². The fraction of sp³-hybridized carbons (Fsp3) is 0.462. The highest BCUT2D eigenvalue weighted by Crippen LogP contribution is 2.24. The minimum absolute atomic E-state index is 0.105. The van der Waals surface area contributed by atoms with E-state index in [4.69, 9.17) is 16.3 Å². The molecular weight excluding hydrogens is 273 g/mol. The summed E-state index contributed by atoms with van der Waals surface area (Å²) in [6.07, 6.45) is 0.526. The summed E-state index contributed by atoms with van der Waals surface area (Å²) in [6.45, 7) is 3.35. The molecule has 1 unspecified atom stereocenters. The van der Waals surface area contributed by atoms with Crippen molar-refractivity contribution in [2.24, 2.45) is 0 Å². The smallest absolute Gasteiger partial charge is 0.258 e. The molecule has 0 aliphatic heterocycles. The van der Waals surface area contributed by atoms with Crippen LogP contribution in [0.25, 0.3) is 0 Å². The van der Waals surface area contributed by atoms with Crippen LogP contribution < -0.4 is 10.1 Å². The van der Waals surface area contributed by atoms with Crippen molar-refractivity contribution in [1.29, 1.82) is 0 Å². The number of carbonyl (C=O) groups excluding carboxylic acids is 1. The lowest BCUT2D eigenvalue weighted by molar-refractivity contribution is -0.124. The van der Waals surface area contributed by atoms with Crippen LogP contribution in [0, 0.1) is 5.82 Å². The van der Waals surface area contributed by atoms with Gasteiger partial charge in [0.25, 0.3) is 5.91 Å². The fourth-order valence-corrected chi connectivity index (χ4v) is 1.42. The lowest BCUT2D eigenvalue weighted by Crippen LogP contribution is -2.41. The molecule has 1 amide bonds. The van der Waals surface area contributed by atoms with E-state index in [-0.39, 0.29) is 29.8 Å². The molecule has 1 aromatic carbocycles. The van der Waals surface area contributed by atoms with Crippen molar-refractivity contribution in [3.05, 3.63) is 29.0 Å². The molecule has 0 bridgehead atoms. The first kappa shape index (κ1) is 15.7. The van der Waals surface area contributed by atoms with Crippen LogP contribution in [0.4, 0.5) is 4.39 Å². The zero-order valence-corrected chi connectivity index (χ0v) is 11.6. The molecule has 4 nitrogen and oxygen atoms in total. The highest BCUT2D eigenvalue weighted by molar-refractivity contribution is 6.32. The van der Waals surface area contributed by atoms with Gasteiger partial charge in [-0.2, -0.15) is 0 Å². The number of benzene rings is 1. The number of hydrogen-bond donors (Lipinski definition) is 2. The van der Waals surface area contributed by atoms with Gasteiger partial charge in [-0.3, -0.25) is 4.79 Å². The lowest BCUT2D eigenvalue weighted by Gasteiger charge is -2.21. The van der Waals surface area contributed by atoms with Crippen LogP contribution in [-0.2, 0) is 4.79 Å². The molecule has 0 aromatic heterocycles. The summed E-state index contributed by atoms with van der Waals surface area (Å²) in [5, 5.41) is 12.4. The van der Waals surface area contributed by atoms with E-state index >= 15 is 0 Å². The van der Waals surface area contributed by atoms with Gasteiger partial charge in [0.15, 0.2) is 6.61 Å². The molecular formula is C13H17ClFNO3. The Morgan fingerprint density at radius 1 is 1.58 bits per heavy atom. The lowest BCUT2D eigenvalue weighted by atomic mass is 10.0. The van der Waals surface area contributed by atoms with Gasteiger partial charge in [-0.05, 0) is 31.5 Å². The predicted octanol–water partition coefficient (Wildman–Crippen LogP) is 2.14. The number of amides is 1. The number of hydrogen-bond acceptors (Lipinski definition) is 3. The molecule has 0 saturated heterocycles. The van der Waals surface area contributed by atoms with E-state index in [1.165, 1.54) is 12.1 Å². The number of rotatable bonds is 6. The van der Waals surface area contributed by atoms with Crippen molar-refractivity contribution in [2.45, 2.75) is 25.9 Å². The highest BCUT2D eigenvalue weighted by atomic mass is 35.5. The van der Waals surface area contributed by atoms with Gasteiger partial charge in [0.05, 0.1) is 10.6 Å². The molecule has 1 aromatic rings. The van der Waals surface area contributed by atoms with Crippen LogP contribution >= 0.6 is 11.6 Å². The maximum atomic E-state index is 12.8. The van der Waals surface area contributed by atoms with Gasteiger partial charge in [0.1, 0.15) is 11.6 Å². The molecule has 0 aliphatic carbocycles. The minimum atomic E-state index is -0.941. The Bertz CT molecular complexity index is 452. The average Bonchev–Trinajstić information content (AvgIpc) is 2.35. The zero-order valence-electron chi connectivity index (χ0n) is 10.9. The first-order valence-electron chi connectivity index (χ1n) is 5.91. The van der Waals surface area contributed by atoms with Crippen LogP contribution in [0.15, 0.2) is 18.2 Å². The largest absolute Gasteiger partial charge is 0.482 e. The molecule has 0 spiro atoms. The molecule has 1 rings (SSSR count). The van der Waals surface area contributed by atoms with E-state index in [9.17, 15) is 14.3 Å². The molecule has 1 atom stereocenters. The number of ether oxygens (including phenoxy) is 1. The standard InChI is InChI=1S/C13H17ClFNO3/c1-3-13(2,18)8-16-12(17)7-19-11-5-4-9(15)6-10(11)14/h4-6,18H,3,7-8H2,1-2H3,(H,16,17). The molecule has 19 heavy (non-hydrogen) atoms. The summed E-state index contributed by atoms with van der Waals surface area (Å²) in [7, 11) is 0. The first-order chi connectivity index (χ1) is 8.84. The summed E-state index contributed by atoms with van der Waals surface area (Å²) >= 11 is 5.75. The summed E-state index contributed by atoms with van der Waals surface area (Å²) in [6, 6.07) is 3.66. The van der Waals surface area contributed by atoms with Crippen LogP contribution in [0.5, 0.6) is 5.75 Å². The van der Waals surface area contributed by atoms with E-state index in [2.05, 4.69) is 5.32 Å². The van der Waals surface area contributed by atoms with Gasteiger partial charge in [-0.15, -0.1) is 0 Å². The van der Waals surface area contributed by atoms with Gasteiger partial charge >= 0.3 is 0 Å². The monoisotopic (exact) mass is 289 g/mol. The quantitative estimate of drug-likeness (QED) is 0.843. The Morgan fingerprint density at radius 2 is 2.26 bits per heavy atom. The summed E-state index contributed by atoms with van der Waals surface area (Å²) in [5.74, 6) is -0.615. The van der Waals surface area contributed by atoms with Crippen LogP contribution in [0.1, 0.15) is 20.3 Å². The molecule has 6 heteroatoms. The summed E-state index contributed by atoms with van der Waals surface area (Å²) in [4.78, 5) is 11.5. The van der Waals surface area contributed by atoms with E-state index in [1.54, 1.807) is 6.92 Å². The second kappa shape index (κ2) is 6.73. The number of halogens is 2. The van der Waals surface area contributed by atoms with Crippen molar-refractivity contribution < 1.29 is 19.0 Å². The average molecular weight is 290 g/mol. The maximum Gasteiger partial charge on any atom is 0.258 e. The molecule has 0 fully saturated rings. The second-order valence-corrected chi connectivity index (χ2v) is 4.90. The highest BCUT2D eigenvalue weighted by Gasteiger charge is 2.18. The van der Waals surface area contributed by atoms with Crippen LogP contribution in [0.2, 0.25) is 5.02 Å². The second-order valence-electron chi connectivity index (χ2n) is 4.49. The van der Waals surface area contributed by atoms with Crippen molar-refractivity contribution in [3.63, 3.8) is 0 Å². The number of nitrogens with one attached hydrogen (secondary N) is 1. The zero-order chi connectivity index (χ0) is 14.5. The predicted molar refractivity (Wildman–Crippen MR) is 70.8 cm³/mol. The molecule has 0 heterocycles. The van der Waals surface area contributed by atoms with E-state index < -0.39 is 11.4 Å². The summed E-state index contributed by atoms with van der Waals surface area (Å²) in [5.41, 5.74) is -0.941. The fourth-order valence-electron chi connectivity index (χ4n) is 1.20. The van der Waals surface area contributed by atoms with Gasteiger partial charge < -0.3 is 15.2 Å². The van der Waals surface area contributed by atoms with E-state index in [1.807, 2.05) is 6.92 Å². The third kappa shape index (κ3) is 5.44. The SMILES string of the molecule is CCC(C)(O)CNC(=O)COc1ccc(F)cc1Cl. The normalized spacial score (nSPS) is 13.7. The molecule has 106 valence electrons. The van der Waals surface area contributed by atoms with E-state index in [0.717, 1.165) is 6.07 Å². The Kier molecular flexibility index (Phi) is 5.57. The number of carbonyl (C=O) groups is 1. The van der Waals surface area contributed by atoms with Crippen molar-refractivity contribution in [1.82, 2.24) is 5.32 Å². The Morgan fingerprint density at radius 3 is 2.84 bits per heavy atom. The van der Waals surface area contributed by atoms with Crippen LogP contribution in [-0.4, -0.2) is 29.8 Å². The first-order valence-corrected chi connectivity index (χ1v) is 6.29. The van der Waals surface area contributed by atoms with Crippen molar-refractivity contribution >= 4 is 17.5 Å². The summed E-state index contributed by atoms with van der Waals surface area (Å²) < 4.78 is 18.0. The molecule has 0 saturated carbocycles. The third-order valence-corrected chi connectivity index (χ3v) is 2.98. The molecule has 0 radical (unpaired) electrons.